The van der Waals surface area contributed by atoms with Crippen LogP contribution in [-0.4, -0.2) is 34.5 Å². The maximum absolute atomic E-state index is 12.1. The lowest BCUT2D eigenvalue weighted by atomic mass is 9.93. The maximum Gasteiger partial charge on any atom is 0.404 e. The molecule has 156 valence electrons. The average molecular weight is 401 g/mol. The number of nitrogens with two attached hydrogens (primary N) is 1. The Hall–Kier alpha value is -3.16. The van der Waals surface area contributed by atoms with Gasteiger partial charge in [0.2, 0.25) is 0 Å². The molecule has 8 heteroatoms. The van der Waals surface area contributed by atoms with Crippen LogP contribution in [0.15, 0.2) is 35.3 Å². The summed E-state index contributed by atoms with van der Waals surface area (Å²) in [7, 11) is 1.69. The van der Waals surface area contributed by atoms with Crippen molar-refractivity contribution in [2.45, 2.75) is 44.8 Å². The highest BCUT2D eigenvalue weighted by Crippen LogP contribution is 2.38. The van der Waals surface area contributed by atoms with Crippen LogP contribution in [0, 0.1) is 0 Å². The number of pyridine rings is 1. The average Bonchev–Trinajstić information content (AvgIpc) is 2.67. The van der Waals surface area contributed by atoms with Crippen LogP contribution in [0.5, 0.6) is 11.5 Å². The van der Waals surface area contributed by atoms with Crippen molar-refractivity contribution in [2.75, 3.05) is 12.3 Å². The van der Waals surface area contributed by atoms with Crippen LogP contribution < -0.4 is 26.1 Å². The van der Waals surface area contributed by atoms with Gasteiger partial charge in [-0.15, -0.1) is 0 Å². The standard InChI is InChI=1S/C21H27N3O5/c1-3-28-19-11-20(25)24(2)12-17(19)16-10-13(22)4-9-18(16)29-15-7-5-14(6-8-15)23-21(26)27/h4,9-12,14-15,23H,3,5-8,22H2,1-2H3,(H,26,27)/t14-,15-. The molecule has 29 heavy (non-hydrogen) atoms. The van der Waals surface area contributed by atoms with E-state index in [0.29, 0.717) is 23.8 Å². The van der Waals surface area contributed by atoms with Gasteiger partial charge in [-0.25, -0.2) is 4.79 Å². The fraction of sp³-hybridized carbons (Fsp3) is 0.429. The molecule has 0 saturated heterocycles. The van der Waals surface area contributed by atoms with Gasteiger partial charge in [-0.05, 0) is 50.8 Å². The van der Waals surface area contributed by atoms with E-state index in [1.54, 1.807) is 19.3 Å². The summed E-state index contributed by atoms with van der Waals surface area (Å²) < 4.78 is 13.5. The van der Waals surface area contributed by atoms with Crippen LogP contribution in [0.2, 0.25) is 0 Å². The van der Waals surface area contributed by atoms with Gasteiger partial charge in [-0.2, -0.15) is 0 Å². The summed E-state index contributed by atoms with van der Waals surface area (Å²) in [6.45, 7) is 2.29. The van der Waals surface area contributed by atoms with Crippen LogP contribution in [-0.2, 0) is 7.05 Å². The predicted molar refractivity (Wildman–Crippen MR) is 111 cm³/mol. The highest BCUT2D eigenvalue weighted by Gasteiger charge is 2.25. The summed E-state index contributed by atoms with van der Waals surface area (Å²) >= 11 is 0. The Morgan fingerprint density at radius 1 is 1.21 bits per heavy atom. The largest absolute Gasteiger partial charge is 0.493 e. The van der Waals surface area contributed by atoms with Crippen LogP contribution in [0.4, 0.5) is 10.5 Å². The van der Waals surface area contributed by atoms with Gasteiger partial charge in [0.05, 0.1) is 12.7 Å². The summed E-state index contributed by atoms with van der Waals surface area (Å²) in [5, 5.41) is 11.4. The number of aromatic nitrogens is 1. The SMILES string of the molecule is CCOc1cc(=O)n(C)cc1-c1cc(N)ccc1O[C@H]1CC[C@H](NC(=O)O)CC1. The predicted octanol–water partition coefficient (Wildman–Crippen LogP) is 2.99. The van der Waals surface area contributed by atoms with E-state index in [2.05, 4.69) is 5.32 Å². The zero-order valence-electron chi connectivity index (χ0n) is 16.7. The normalized spacial score (nSPS) is 18.8. The Balaban J connectivity index is 1.87. The lowest BCUT2D eigenvalue weighted by Gasteiger charge is -2.29. The summed E-state index contributed by atoms with van der Waals surface area (Å²) in [5.74, 6) is 1.15. The highest BCUT2D eigenvalue weighted by atomic mass is 16.5. The van der Waals surface area contributed by atoms with Crippen molar-refractivity contribution < 1.29 is 19.4 Å². The number of nitrogens with one attached hydrogen (secondary N) is 1. The number of benzene rings is 1. The molecule has 0 aliphatic heterocycles. The van der Waals surface area contributed by atoms with E-state index in [9.17, 15) is 9.59 Å². The molecular formula is C21H27N3O5. The molecule has 4 N–H and O–H groups in total. The van der Waals surface area contributed by atoms with Gasteiger partial charge in [0, 0.05) is 42.2 Å². The minimum Gasteiger partial charge on any atom is -0.493 e. The van der Waals surface area contributed by atoms with Crippen LogP contribution >= 0.6 is 0 Å². The van der Waals surface area contributed by atoms with Crippen molar-refractivity contribution in [3.05, 3.63) is 40.8 Å². The van der Waals surface area contributed by atoms with Gasteiger partial charge in [-0.1, -0.05) is 0 Å². The molecule has 1 aromatic carbocycles. The summed E-state index contributed by atoms with van der Waals surface area (Å²) in [6, 6.07) is 6.85. The Kier molecular flexibility index (Phi) is 6.31. The van der Waals surface area contributed by atoms with Crippen LogP contribution in [0.3, 0.4) is 0 Å². The van der Waals surface area contributed by atoms with Crippen molar-refractivity contribution in [2.24, 2.45) is 7.05 Å². The fourth-order valence-electron chi connectivity index (χ4n) is 3.63. The van der Waals surface area contributed by atoms with Crippen molar-refractivity contribution in [3.63, 3.8) is 0 Å². The number of nitrogens with zero attached hydrogens (tertiary/aromatic N) is 1. The lowest BCUT2D eigenvalue weighted by molar-refractivity contribution is 0.135. The lowest BCUT2D eigenvalue weighted by Crippen LogP contribution is -2.38. The van der Waals surface area contributed by atoms with E-state index < -0.39 is 6.09 Å². The number of hydrogen-bond donors (Lipinski definition) is 3. The van der Waals surface area contributed by atoms with Gasteiger partial charge < -0.3 is 30.2 Å². The Bertz CT molecular complexity index is 932. The Labute approximate surface area is 169 Å². The zero-order valence-corrected chi connectivity index (χ0v) is 16.7. The molecule has 1 aliphatic rings. The first-order valence-corrected chi connectivity index (χ1v) is 9.77. The molecule has 8 nitrogen and oxygen atoms in total. The van der Waals surface area contributed by atoms with E-state index in [0.717, 1.165) is 36.8 Å². The minimum atomic E-state index is -0.992. The number of carboxylic acid groups (broad SMARTS) is 1. The number of anilines is 1. The third-order valence-corrected chi connectivity index (χ3v) is 5.08. The summed E-state index contributed by atoms with van der Waals surface area (Å²) in [6.07, 6.45) is 3.67. The first-order chi connectivity index (χ1) is 13.9. The second-order valence-electron chi connectivity index (χ2n) is 7.23. The molecule has 0 unspecified atom stereocenters. The van der Waals surface area contributed by atoms with Gasteiger partial charge >= 0.3 is 6.09 Å². The van der Waals surface area contributed by atoms with Crippen LogP contribution in [0.25, 0.3) is 11.1 Å². The molecule has 1 heterocycles. The number of amides is 1. The van der Waals surface area contributed by atoms with Crippen molar-refractivity contribution in [1.82, 2.24) is 9.88 Å². The van der Waals surface area contributed by atoms with Crippen molar-refractivity contribution in [1.29, 1.82) is 0 Å². The van der Waals surface area contributed by atoms with E-state index in [-0.39, 0.29) is 17.7 Å². The first-order valence-electron chi connectivity index (χ1n) is 9.77. The first kappa shape index (κ1) is 20.6. The molecule has 0 atom stereocenters. The third kappa shape index (κ3) is 5.01. The molecule has 2 aromatic rings. The van der Waals surface area contributed by atoms with E-state index >= 15 is 0 Å². The molecule has 1 fully saturated rings. The molecule has 0 spiro atoms. The molecule has 1 aliphatic carbocycles. The molecule has 1 saturated carbocycles. The molecule has 1 amide bonds. The van der Waals surface area contributed by atoms with Gasteiger partial charge in [0.25, 0.3) is 5.56 Å². The Morgan fingerprint density at radius 3 is 2.59 bits per heavy atom. The van der Waals surface area contributed by atoms with Crippen LogP contribution in [0.1, 0.15) is 32.6 Å². The smallest absolute Gasteiger partial charge is 0.404 e. The van der Waals surface area contributed by atoms with Gasteiger partial charge in [0.15, 0.2) is 0 Å². The second kappa shape index (κ2) is 8.89. The minimum absolute atomic E-state index is 0.0210. The highest BCUT2D eigenvalue weighted by molar-refractivity contribution is 5.77. The maximum atomic E-state index is 12.1. The summed E-state index contributed by atoms with van der Waals surface area (Å²) in [5.41, 5.74) is 7.94. The van der Waals surface area contributed by atoms with Gasteiger partial charge in [-0.3, -0.25) is 4.79 Å². The number of carbonyl (C=O) groups is 1. The topological polar surface area (TPSA) is 116 Å². The van der Waals surface area contributed by atoms with E-state index in [1.807, 2.05) is 19.1 Å². The fourth-order valence-corrected chi connectivity index (χ4v) is 3.63. The van der Waals surface area contributed by atoms with E-state index in [4.69, 9.17) is 20.3 Å². The summed E-state index contributed by atoms with van der Waals surface area (Å²) in [4.78, 5) is 22.9. The zero-order chi connectivity index (χ0) is 21.0. The van der Waals surface area contributed by atoms with Gasteiger partial charge in [0.1, 0.15) is 11.5 Å². The number of rotatable bonds is 6. The van der Waals surface area contributed by atoms with Crippen molar-refractivity contribution >= 4 is 11.8 Å². The molecule has 0 radical (unpaired) electrons. The second-order valence-corrected chi connectivity index (χ2v) is 7.23. The number of aryl methyl sites for hydroxylation is 1. The monoisotopic (exact) mass is 401 g/mol. The molecular weight excluding hydrogens is 374 g/mol. The Morgan fingerprint density at radius 2 is 1.93 bits per heavy atom. The number of ether oxygens (including phenoxy) is 2. The third-order valence-electron chi connectivity index (χ3n) is 5.08. The van der Waals surface area contributed by atoms with E-state index in [1.165, 1.54) is 10.6 Å². The number of hydrogen-bond acceptors (Lipinski definition) is 5. The number of nitrogen functional groups attached to an aromatic ring is 1. The molecule has 1 aromatic heterocycles. The van der Waals surface area contributed by atoms with Crippen molar-refractivity contribution in [3.8, 4) is 22.6 Å². The quantitative estimate of drug-likeness (QED) is 0.641. The molecule has 0 bridgehead atoms. The molecule has 3 rings (SSSR count).